The fourth-order valence-corrected chi connectivity index (χ4v) is 2.54. The zero-order chi connectivity index (χ0) is 10.1. The second-order valence-electron chi connectivity index (χ2n) is 3.22. The van der Waals surface area contributed by atoms with Crippen LogP contribution in [0.5, 0.6) is 5.75 Å². The van der Waals surface area contributed by atoms with Gasteiger partial charge in [-0.2, -0.15) is 0 Å². The summed E-state index contributed by atoms with van der Waals surface area (Å²) >= 11 is 1.73. The van der Waals surface area contributed by atoms with Crippen molar-refractivity contribution in [2.45, 2.75) is 20.3 Å². The summed E-state index contributed by atoms with van der Waals surface area (Å²) in [5, 5.41) is 1.17. The van der Waals surface area contributed by atoms with E-state index in [0.717, 1.165) is 17.7 Å². The Labute approximate surface area is 87.5 Å². The van der Waals surface area contributed by atoms with Gasteiger partial charge in [-0.05, 0) is 25.0 Å². The van der Waals surface area contributed by atoms with E-state index >= 15 is 0 Å². The molecule has 1 aromatic heterocycles. The topological polar surface area (TPSA) is 22.1 Å². The van der Waals surface area contributed by atoms with Crippen LogP contribution in [0.1, 0.15) is 17.5 Å². The van der Waals surface area contributed by atoms with Crippen LogP contribution in [0.2, 0.25) is 0 Å². The predicted molar refractivity (Wildman–Crippen MR) is 60.3 cm³/mol. The first-order valence-corrected chi connectivity index (χ1v) is 5.51. The molecular weight excluding hydrogens is 194 g/mol. The van der Waals surface area contributed by atoms with Gasteiger partial charge in [-0.25, -0.2) is 4.98 Å². The van der Waals surface area contributed by atoms with Crippen LogP contribution in [0.3, 0.4) is 0 Å². The minimum atomic E-state index is 0.933. The molecule has 1 aromatic carbocycles. The highest BCUT2D eigenvalue weighted by Crippen LogP contribution is 2.33. The quantitative estimate of drug-likeness (QED) is 0.754. The summed E-state index contributed by atoms with van der Waals surface area (Å²) in [6, 6.07) is 4.07. The highest BCUT2D eigenvalue weighted by atomic mass is 32.1. The second-order valence-corrected chi connectivity index (χ2v) is 4.31. The zero-order valence-electron chi connectivity index (χ0n) is 8.63. The van der Waals surface area contributed by atoms with E-state index in [1.54, 1.807) is 18.4 Å². The Kier molecular flexibility index (Phi) is 2.42. The molecule has 2 aromatic rings. The molecule has 0 amide bonds. The van der Waals surface area contributed by atoms with Crippen LogP contribution in [0.4, 0.5) is 0 Å². The van der Waals surface area contributed by atoms with Gasteiger partial charge in [0.25, 0.3) is 0 Å². The van der Waals surface area contributed by atoms with Crippen molar-refractivity contribution in [1.29, 1.82) is 0 Å². The summed E-state index contributed by atoms with van der Waals surface area (Å²) in [5.74, 6) is 0.933. The van der Waals surface area contributed by atoms with Gasteiger partial charge in [0, 0.05) is 0 Å². The molecule has 0 bridgehead atoms. The number of ether oxygens (including phenoxy) is 1. The van der Waals surface area contributed by atoms with Crippen molar-refractivity contribution in [1.82, 2.24) is 4.98 Å². The second kappa shape index (κ2) is 3.58. The van der Waals surface area contributed by atoms with E-state index < -0.39 is 0 Å². The van der Waals surface area contributed by atoms with Crippen molar-refractivity contribution in [2.75, 3.05) is 7.11 Å². The number of nitrogens with zero attached hydrogens (tertiary/aromatic N) is 1. The number of aromatic nitrogens is 1. The van der Waals surface area contributed by atoms with Crippen LogP contribution in [0.15, 0.2) is 12.1 Å². The Bertz CT molecular complexity index is 462. The van der Waals surface area contributed by atoms with Crippen LogP contribution >= 0.6 is 11.3 Å². The summed E-state index contributed by atoms with van der Waals surface area (Å²) < 4.78 is 6.48. The van der Waals surface area contributed by atoms with Crippen LogP contribution in [0, 0.1) is 6.92 Å². The number of rotatable bonds is 2. The zero-order valence-corrected chi connectivity index (χ0v) is 9.44. The van der Waals surface area contributed by atoms with Crippen LogP contribution in [-0.2, 0) is 6.42 Å². The lowest BCUT2D eigenvalue weighted by molar-refractivity contribution is 0.420. The molecule has 0 aliphatic rings. The lowest BCUT2D eigenvalue weighted by atomic mass is 10.2. The number of thiazole rings is 1. The molecule has 0 saturated heterocycles. The summed E-state index contributed by atoms with van der Waals surface area (Å²) in [4.78, 5) is 4.58. The Morgan fingerprint density at radius 3 is 2.86 bits per heavy atom. The summed E-state index contributed by atoms with van der Waals surface area (Å²) in [6.07, 6.45) is 0.988. The summed E-state index contributed by atoms with van der Waals surface area (Å²) in [5.41, 5.74) is 2.31. The predicted octanol–water partition coefficient (Wildman–Crippen LogP) is 3.18. The summed E-state index contributed by atoms with van der Waals surface area (Å²) in [7, 11) is 1.70. The van der Waals surface area contributed by atoms with E-state index in [4.69, 9.17) is 4.74 Å². The van der Waals surface area contributed by atoms with Crippen LogP contribution < -0.4 is 4.74 Å². The van der Waals surface area contributed by atoms with Crippen molar-refractivity contribution in [3.63, 3.8) is 0 Å². The van der Waals surface area contributed by atoms with Crippen molar-refractivity contribution >= 4 is 21.6 Å². The molecule has 3 heteroatoms. The van der Waals surface area contributed by atoms with Crippen molar-refractivity contribution in [3.8, 4) is 5.75 Å². The lowest BCUT2D eigenvalue weighted by Crippen LogP contribution is -1.84. The first-order chi connectivity index (χ1) is 6.76. The number of fused-ring (bicyclic) bond motifs is 1. The Hall–Kier alpha value is -1.09. The van der Waals surface area contributed by atoms with Gasteiger partial charge >= 0.3 is 0 Å². The normalized spacial score (nSPS) is 10.8. The van der Waals surface area contributed by atoms with Gasteiger partial charge in [-0.3, -0.25) is 0 Å². The van der Waals surface area contributed by atoms with E-state index in [1.807, 2.05) is 6.07 Å². The minimum Gasteiger partial charge on any atom is -0.495 e. The van der Waals surface area contributed by atoms with E-state index in [1.165, 1.54) is 15.3 Å². The van der Waals surface area contributed by atoms with E-state index in [9.17, 15) is 0 Å². The van der Waals surface area contributed by atoms with Gasteiger partial charge in [0.15, 0.2) is 0 Å². The molecule has 0 aliphatic heterocycles. The first kappa shape index (κ1) is 9.46. The Morgan fingerprint density at radius 2 is 2.21 bits per heavy atom. The van der Waals surface area contributed by atoms with E-state index in [0.29, 0.717) is 0 Å². The number of benzene rings is 1. The highest BCUT2D eigenvalue weighted by molar-refractivity contribution is 7.19. The molecule has 0 radical (unpaired) electrons. The molecule has 2 nitrogen and oxygen atoms in total. The number of hydrogen-bond acceptors (Lipinski definition) is 3. The third-order valence-electron chi connectivity index (χ3n) is 2.28. The molecule has 14 heavy (non-hydrogen) atoms. The number of methoxy groups -OCH3 is 1. The maximum atomic E-state index is 5.31. The Morgan fingerprint density at radius 1 is 1.43 bits per heavy atom. The SMILES string of the molecule is CCc1nc2c(C)ccc(OC)c2s1. The molecular formula is C11H13NOS. The largest absolute Gasteiger partial charge is 0.495 e. The molecule has 0 aliphatic carbocycles. The van der Waals surface area contributed by atoms with Crippen molar-refractivity contribution in [3.05, 3.63) is 22.7 Å². The number of hydrogen-bond donors (Lipinski definition) is 0. The fourth-order valence-electron chi connectivity index (χ4n) is 1.47. The maximum absolute atomic E-state index is 5.31. The van der Waals surface area contributed by atoms with Crippen LogP contribution in [0.25, 0.3) is 10.2 Å². The first-order valence-electron chi connectivity index (χ1n) is 4.69. The molecule has 74 valence electrons. The molecule has 0 saturated carbocycles. The molecule has 0 fully saturated rings. The van der Waals surface area contributed by atoms with Gasteiger partial charge in [0.2, 0.25) is 0 Å². The molecule has 0 atom stereocenters. The Balaban J connectivity index is 2.74. The maximum Gasteiger partial charge on any atom is 0.138 e. The average Bonchev–Trinajstić information content (AvgIpc) is 2.63. The van der Waals surface area contributed by atoms with Gasteiger partial charge in [-0.1, -0.05) is 13.0 Å². The van der Waals surface area contributed by atoms with Crippen LogP contribution in [-0.4, -0.2) is 12.1 Å². The highest BCUT2D eigenvalue weighted by Gasteiger charge is 2.09. The van der Waals surface area contributed by atoms with Gasteiger partial charge < -0.3 is 4.74 Å². The monoisotopic (exact) mass is 207 g/mol. The molecule has 0 N–H and O–H groups in total. The van der Waals surface area contributed by atoms with Crippen molar-refractivity contribution < 1.29 is 4.74 Å². The molecule has 1 heterocycles. The lowest BCUT2D eigenvalue weighted by Gasteiger charge is -2.01. The summed E-state index contributed by atoms with van der Waals surface area (Å²) in [6.45, 7) is 4.21. The van der Waals surface area contributed by atoms with Gasteiger partial charge in [0.1, 0.15) is 5.75 Å². The van der Waals surface area contributed by atoms with Gasteiger partial charge in [0.05, 0.1) is 22.3 Å². The van der Waals surface area contributed by atoms with E-state index in [-0.39, 0.29) is 0 Å². The minimum absolute atomic E-state index is 0.933. The fraction of sp³-hybridized carbons (Fsp3) is 0.364. The third-order valence-corrected chi connectivity index (χ3v) is 3.49. The van der Waals surface area contributed by atoms with E-state index in [2.05, 4.69) is 24.9 Å². The van der Waals surface area contributed by atoms with Crippen molar-refractivity contribution in [2.24, 2.45) is 0 Å². The average molecular weight is 207 g/mol. The molecule has 0 spiro atoms. The molecule has 0 unspecified atom stereocenters. The smallest absolute Gasteiger partial charge is 0.138 e. The van der Waals surface area contributed by atoms with Gasteiger partial charge in [-0.15, -0.1) is 11.3 Å². The third kappa shape index (κ3) is 1.38. The number of aryl methyl sites for hydroxylation is 2. The molecule has 2 rings (SSSR count). The standard InChI is InChI=1S/C11H13NOS/c1-4-9-12-10-7(2)5-6-8(13-3)11(10)14-9/h5-6H,4H2,1-3H3.